The Labute approximate surface area is 84.1 Å². The fraction of sp³-hybridized carbons (Fsp3) is 0.300. The first-order valence-corrected chi connectivity index (χ1v) is 4.44. The number of nitrogens with one attached hydrogen (secondary N) is 1. The molecule has 0 aliphatic carbocycles. The van der Waals surface area contributed by atoms with Crippen molar-refractivity contribution in [3.05, 3.63) is 35.4 Å². The number of carbonyl (C=O) groups is 1. The van der Waals surface area contributed by atoms with Crippen LogP contribution in [-0.4, -0.2) is 18.6 Å². The molecule has 0 fully saturated rings. The summed E-state index contributed by atoms with van der Waals surface area (Å²) in [5.74, 6) is -2.03. The van der Waals surface area contributed by atoms with Crippen LogP contribution in [0.4, 0.5) is 13.2 Å². The van der Waals surface area contributed by atoms with Crippen molar-refractivity contribution in [2.24, 2.45) is 0 Å². The van der Waals surface area contributed by atoms with Gasteiger partial charge in [0.1, 0.15) is 0 Å². The van der Waals surface area contributed by atoms with Crippen molar-refractivity contribution in [3.63, 3.8) is 0 Å². The molecule has 0 saturated carbocycles. The molecular formula is C10H8F3NO. The van der Waals surface area contributed by atoms with Crippen molar-refractivity contribution in [2.45, 2.75) is 12.1 Å². The summed E-state index contributed by atoms with van der Waals surface area (Å²) in [6.45, 7) is -0.376. The normalized spacial score (nSPS) is 20.7. The first-order chi connectivity index (χ1) is 7.00. The molecule has 15 heavy (non-hydrogen) atoms. The van der Waals surface area contributed by atoms with Gasteiger partial charge < -0.3 is 5.32 Å². The van der Waals surface area contributed by atoms with Crippen LogP contribution in [-0.2, 0) is 0 Å². The van der Waals surface area contributed by atoms with Gasteiger partial charge in [-0.3, -0.25) is 4.79 Å². The topological polar surface area (TPSA) is 29.1 Å². The van der Waals surface area contributed by atoms with Crippen LogP contribution in [0.15, 0.2) is 24.3 Å². The average Bonchev–Trinajstić information content (AvgIpc) is 2.17. The van der Waals surface area contributed by atoms with Crippen LogP contribution in [0.1, 0.15) is 21.8 Å². The van der Waals surface area contributed by atoms with E-state index in [9.17, 15) is 18.0 Å². The van der Waals surface area contributed by atoms with E-state index in [1.54, 1.807) is 6.07 Å². The molecule has 1 aliphatic rings. The van der Waals surface area contributed by atoms with E-state index in [2.05, 4.69) is 5.32 Å². The molecule has 2 nitrogen and oxygen atoms in total. The van der Waals surface area contributed by atoms with E-state index >= 15 is 0 Å². The largest absolute Gasteiger partial charge is 0.397 e. The SMILES string of the molecule is O=C1NCC(C(F)(F)F)c2ccccc21. The minimum absolute atomic E-state index is 0.0637. The fourth-order valence-electron chi connectivity index (χ4n) is 1.70. The number of halogens is 3. The number of rotatable bonds is 0. The first-order valence-electron chi connectivity index (χ1n) is 4.44. The second kappa shape index (κ2) is 3.25. The molecular weight excluding hydrogens is 207 g/mol. The van der Waals surface area contributed by atoms with E-state index in [0.717, 1.165) is 0 Å². The zero-order valence-corrected chi connectivity index (χ0v) is 7.64. The maximum Gasteiger partial charge on any atom is 0.397 e. The molecule has 0 bridgehead atoms. The van der Waals surface area contributed by atoms with Crippen LogP contribution < -0.4 is 5.32 Å². The second-order valence-corrected chi connectivity index (χ2v) is 3.39. The highest BCUT2D eigenvalue weighted by molar-refractivity contribution is 5.97. The van der Waals surface area contributed by atoms with Gasteiger partial charge in [-0.2, -0.15) is 13.2 Å². The smallest absolute Gasteiger partial charge is 0.351 e. The Morgan fingerprint density at radius 2 is 1.93 bits per heavy atom. The summed E-state index contributed by atoms with van der Waals surface area (Å²) >= 11 is 0. The average molecular weight is 215 g/mol. The molecule has 1 aromatic carbocycles. The van der Waals surface area contributed by atoms with Crippen LogP contribution in [0.3, 0.4) is 0 Å². The minimum atomic E-state index is -4.32. The monoisotopic (exact) mass is 215 g/mol. The summed E-state index contributed by atoms with van der Waals surface area (Å²) in [5, 5.41) is 2.24. The third-order valence-electron chi connectivity index (χ3n) is 2.44. The molecule has 1 atom stereocenters. The highest BCUT2D eigenvalue weighted by atomic mass is 19.4. The summed E-state index contributed by atoms with van der Waals surface area (Å²) in [6.07, 6.45) is -4.32. The highest BCUT2D eigenvalue weighted by Crippen LogP contribution is 2.37. The van der Waals surface area contributed by atoms with Gasteiger partial charge in [0.05, 0.1) is 5.92 Å². The number of carbonyl (C=O) groups excluding carboxylic acids is 1. The van der Waals surface area contributed by atoms with Crippen molar-refractivity contribution >= 4 is 5.91 Å². The van der Waals surface area contributed by atoms with Gasteiger partial charge in [-0.1, -0.05) is 18.2 Å². The molecule has 1 unspecified atom stereocenters. The van der Waals surface area contributed by atoms with Crippen molar-refractivity contribution in [1.29, 1.82) is 0 Å². The molecule has 2 rings (SSSR count). The molecule has 1 heterocycles. The number of hydrogen-bond donors (Lipinski definition) is 1. The van der Waals surface area contributed by atoms with Crippen LogP contribution in [0.25, 0.3) is 0 Å². The molecule has 0 saturated heterocycles. The molecule has 1 aliphatic heterocycles. The predicted octanol–water partition coefficient (Wildman–Crippen LogP) is 2.08. The third-order valence-corrected chi connectivity index (χ3v) is 2.44. The lowest BCUT2D eigenvalue weighted by molar-refractivity contribution is -0.149. The quantitative estimate of drug-likeness (QED) is 0.705. The summed E-state index contributed by atoms with van der Waals surface area (Å²) < 4.78 is 37.8. The maximum absolute atomic E-state index is 12.6. The second-order valence-electron chi connectivity index (χ2n) is 3.39. The Hall–Kier alpha value is -1.52. The van der Waals surface area contributed by atoms with E-state index in [1.165, 1.54) is 18.2 Å². The van der Waals surface area contributed by atoms with Gasteiger partial charge in [0.15, 0.2) is 0 Å². The summed E-state index contributed by atoms with van der Waals surface area (Å²) in [6, 6.07) is 5.82. The number of benzene rings is 1. The van der Waals surface area contributed by atoms with Gasteiger partial charge in [-0.05, 0) is 11.6 Å². The van der Waals surface area contributed by atoms with Gasteiger partial charge in [-0.25, -0.2) is 0 Å². The summed E-state index contributed by atoms with van der Waals surface area (Å²) in [7, 11) is 0. The van der Waals surface area contributed by atoms with E-state index in [4.69, 9.17) is 0 Å². The number of hydrogen-bond acceptors (Lipinski definition) is 1. The van der Waals surface area contributed by atoms with E-state index < -0.39 is 18.0 Å². The predicted molar refractivity (Wildman–Crippen MR) is 47.6 cm³/mol. The molecule has 1 amide bonds. The standard InChI is InChI=1S/C10H8F3NO/c11-10(12,13)8-5-14-9(15)7-4-2-1-3-6(7)8/h1-4,8H,5H2,(H,14,15). The van der Waals surface area contributed by atoms with E-state index in [1.807, 2.05) is 0 Å². The maximum atomic E-state index is 12.6. The molecule has 5 heteroatoms. The van der Waals surface area contributed by atoms with Gasteiger partial charge in [0, 0.05) is 12.1 Å². The highest BCUT2D eigenvalue weighted by Gasteiger charge is 2.44. The number of amides is 1. The number of fused-ring (bicyclic) bond motifs is 1. The zero-order valence-electron chi connectivity index (χ0n) is 7.64. The molecule has 1 aromatic rings. The Morgan fingerprint density at radius 1 is 1.27 bits per heavy atom. The molecule has 1 N–H and O–H groups in total. The fourth-order valence-corrected chi connectivity index (χ4v) is 1.70. The van der Waals surface area contributed by atoms with Crippen molar-refractivity contribution in [3.8, 4) is 0 Å². The Morgan fingerprint density at radius 3 is 2.60 bits per heavy atom. The van der Waals surface area contributed by atoms with Crippen molar-refractivity contribution in [2.75, 3.05) is 6.54 Å². The van der Waals surface area contributed by atoms with Gasteiger partial charge in [0.2, 0.25) is 0 Å². The van der Waals surface area contributed by atoms with E-state index in [-0.39, 0.29) is 17.7 Å². The first kappa shape index (κ1) is 10.0. The Balaban J connectivity index is 2.50. The van der Waals surface area contributed by atoms with Crippen LogP contribution >= 0.6 is 0 Å². The zero-order chi connectivity index (χ0) is 11.1. The van der Waals surface area contributed by atoms with E-state index in [0.29, 0.717) is 0 Å². The molecule has 0 spiro atoms. The lowest BCUT2D eigenvalue weighted by Crippen LogP contribution is -2.40. The van der Waals surface area contributed by atoms with Crippen LogP contribution in [0, 0.1) is 0 Å². The summed E-state index contributed by atoms with van der Waals surface area (Å²) in [5.41, 5.74) is 0.180. The lowest BCUT2D eigenvalue weighted by Gasteiger charge is -2.27. The molecule has 80 valence electrons. The third kappa shape index (κ3) is 1.69. The van der Waals surface area contributed by atoms with Gasteiger partial charge >= 0.3 is 6.18 Å². The Bertz CT molecular complexity index is 400. The van der Waals surface area contributed by atoms with Crippen molar-refractivity contribution in [1.82, 2.24) is 5.32 Å². The van der Waals surface area contributed by atoms with Gasteiger partial charge in [0.25, 0.3) is 5.91 Å². The number of alkyl halides is 3. The van der Waals surface area contributed by atoms with Crippen LogP contribution in [0.2, 0.25) is 0 Å². The van der Waals surface area contributed by atoms with Crippen LogP contribution in [0.5, 0.6) is 0 Å². The Kier molecular flexibility index (Phi) is 2.17. The van der Waals surface area contributed by atoms with Crippen molar-refractivity contribution < 1.29 is 18.0 Å². The lowest BCUT2D eigenvalue weighted by atomic mass is 9.90. The van der Waals surface area contributed by atoms with Gasteiger partial charge in [-0.15, -0.1) is 0 Å². The molecule has 0 aromatic heterocycles. The molecule has 0 radical (unpaired) electrons. The minimum Gasteiger partial charge on any atom is -0.351 e. The summed E-state index contributed by atoms with van der Waals surface area (Å²) in [4.78, 5) is 11.3.